The Bertz CT molecular complexity index is 330. The average Bonchev–Trinajstić information content (AvgIpc) is 2.95. The lowest BCUT2D eigenvalue weighted by atomic mass is 10.0. The Morgan fingerprint density at radius 3 is 2.52 bits per heavy atom. The van der Waals surface area contributed by atoms with Gasteiger partial charge in [-0.05, 0) is 18.8 Å². The highest BCUT2D eigenvalue weighted by Gasteiger charge is 2.19. The zero-order chi connectivity index (χ0) is 15.7. The molecule has 6 nitrogen and oxygen atoms in total. The summed E-state index contributed by atoms with van der Waals surface area (Å²) >= 11 is 0. The van der Waals surface area contributed by atoms with Crippen molar-refractivity contribution in [2.75, 3.05) is 13.2 Å². The number of amides is 2. The highest BCUT2D eigenvalue weighted by Crippen LogP contribution is 2.28. The Morgan fingerprint density at radius 1 is 1.29 bits per heavy atom. The van der Waals surface area contributed by atoms with Crippen LogP contribution >= 0.6 is 0 Å². The summed E-state index contributed by atoms with van der Waals surface area (Å²) in [4.78, 5) is 22.6. The second kappa shape index (κ2) is 9.73. The molecule has 1 rings (SSSR count). The molecular weight excluding hydrogens is 272 g/mol. The van der Waals surface area contributed by atoms with Crippen molar-refractivity contribution >= 4 is 11.8 Å². The van der Waals surface area contributed by atoms with Crippen LogP contribution in [0.5, 0.6) is 0 Å². The fourth-order valence-corrected chi connectivity index (χ4v) is 2.79. The molecule has 1 unspecified atom stereocenters. The molecule has 0 radical (unpaired) electrons. The zero-order valence-corrected chi connectivity index (χ0v) is 12.8. The van der Waals surface area contributed by atoms with Crippen molar-refractivity contribution in [1.29, 1.82) is 0 Å². The molecule has 1 aliphatic rings. The summed E-state index contributed by atoms with van der Waals surface area (Å²) in [5.74, 6) is 0.372. The molecule has 21 heavy (non-hydrogen) atoms. The topological polar surface area (TPSA) is 98.7 Å². The maximum absolute atomic E-state index is 11.8. The summed E-state index contributed by atoms with van der Waals surface area (Å²) in [6.07, 6.45) is 5.79. The van der Waals surface area contributed by atoms with Gasteiger partial charge in [0.2, 0.25) is 11.8 Å². The van der Waals surface area contributed by atoms with Crippen molar-refractivity contribution in [1.82, 2.24) is 10.6 Å². The molecule has 122 valence electrons. The second-order valence-corrected chi connectivity index (χ2v) is 5.96. The van der Waals surface area contributed by atoms with Crippen molar-refractivity contribution in [3.8, 4) is 0 Å². The molecule has 4 N–H and O–H groups in total. The van der Waals surface area contributed by atoms with Crippen molar-refractivity contribution < 1.29 is 19.8 Å². The number of rotatable bonds is 9. The van der Waals surface area contributed by atoms with E-state index in [9.17, 15) is 19.8 Å². The standard InChI is InChI=1S/C15H28N2O4/c1-11(19)16-9-14(20)8-13(10-18)17-15(21)7-6-12-4-2-3-5-12/h12-14,18,20H,2-10H2,1H3,(H,16,19)(H,17,21)/t13?,14-/m0/s1. The molecule has 0 spiro atoms. The molecule has 0 aliphatic heterocycles. The van der Waals surface area contributed by atoms with Gasteiger partial charge in [-0.1, -0.05) is 25.7 Å². The SMILES string of the molecule is CC(=O)NC[C@@H](O)CC(CO)NC(=O)CCC1CCCC1. The maximum atomic E-state index is 11.8. The maximum Gasteiger partial charge on any atom is 0.220 e. The summed E-state index contributed by atoms with van der Waals surface area (Å²) < 4.78 is 0. The van der Waals surface area contributed by atoms with Crippen LogP contribution in [0, 0.1) is 5.92 Å². The van der Waals surface area contributed by atoms with E-state index in [1.807, 2.05) is 0 Å². The first-order valence-electron chi connectivity index (χ1n) is 7.84. The Kier molecular flexibility index (Phi) is 8.30. The van der Waals surface area contributed by atoms with E-state index in [0.29, 0.717) is 12.3 Å². The second-order valence-electron chi connectivity index (χ2n) is 5.96. The summed E-state index contributed by atoms with van der Waals surface area (Å²) in [6.45, 7) is 1.29. The Labute approximate surface area is 126 Å². The van der Waals surface area contributed by atoms with Crippen LogP contribution in [0.4, 0.5) is 0 Å². The lowest BCUT2D eigenvalue weighted by molar-refractivity contribution is -0.123. The van der Waals surface area contributed by atoms with Crippen LogP contribution in [0.3, 0.4) is 0 Å². The number of aliphatic hydroxyl groups is 2. The number of carbonyl (C=O) groups excluding carboxylic acids is 2. The molecular formula is C15H28N2O4. The van der Waals surface area contributed by atoms with Crippen LogP contribution in [0.15, 0.2) is 0 Å². The van der Waals surface area contributed by atoms with Gasteiger partial charge in [0.1, 0.15) is 0 Å². The van der Waals surface area contributed by atoms with Crippen LogP contribution < -0.4 is 10.6 Å². The van der Waals surface area contributed by atoms with E-state index in [1.165, 1.54) is 32.6 Å². The largest absolute Gasteiger partial charge is 0.394 e. The Morgan fingerprint density at radius 2 is 1.95 bits per heavy atom. The van der Waals surface area contributed by atoms with E-state index in [1.54, 1.807) is 0 Å². The van der Waals surface area contributed by atoms with Gasteiger partial charge >= 0.3 is 0 Å². The minimum atomic E-state index is -0.777. The smallest absolute Gasteiger partial charge is 0.220 e. The van der Waals surface area contributed by atoms with Gasteiger partial charge in [-0.2, -0.15) is 0 Å². The van der Waals surface area contributed by atoms with Gasteiger partial charge in [0.05, 0.1) is 18.8 Å². The number of nitrogens with one attached hydrogen (secondary N) is 2. The first-order valence-corrected chi connectivity index (χ1v) is 7.84. The third kappa shape index (κ3) is 8.02. The molecule has 6 heteroatoms. The van der Waals surface area contributed by atoms with Gasteiger partial charge in [-0.15, -0.1) is 0 Å². The van der Waals surface area contributed by atoms with Crippen LogP contribution in [-0.4, -0.2) is 47.3 Å². The fourth-order valence-electron chi connectivity index (χ4n) is 2.79. The van der Waals surface area contributed by atoms with Crippen LogP contribution in [0.1, 0.15) is 51.9 Å². The first-order chi connectivity index (χ1) is 10.0. The molecule has 2 amide bonds. The zero-order valence-electron chi connectivity index (χ0n) is 12.8. The summed E-state index contributed by atoms with van der Waals surface area (Å²) in [5.41, 5.74) is 0. The van der Waals surface area contributed by atoms with Crippen molar-refractivity contribution in [3.05, 3.63) is 0 Å². The minimum absolute atomic E-state index is 0.0762. The average molecular weight is 300 g/mol. The molecule has 2 atom stereocenters. The van der Waals surface area contributed by atoms with E-state index < -0.39 is 12.1 Å². The lowest BCUT2D eigenvalue weighted by Gasteiger charge is -2.20. The summed E-state index contributed by atoms with van der Waals surface area (Å²) in [5, 5.41) is 24.3. The first kappa shape index (κ1) is 17.9. The number of aliphatic hydroxyl groups excluding tert-OH is 2. The van der Waals surface area contributed by atoms with E-state index in [0.717, 1.165) is 6.42 Å². The van der Waals surface area contributed by atoms with E-state index in [2.05, 4.69) is 10.6 Å². The molecule has 1 aliphatic carbocycles. The number of hydrogen-bond donors (Lipinski definition) is 4. The van der Waals surface area contributed by atoms with Gasteiger partial charge in [-0.25, -0.2) is 0 Å². The van der Waals surface area contributed by atoms with E-state index >= 15 is 0 Å². The third-order valence-corrected chi connectivity index (χ3v) is 3.98. The highest BCUT2D eigenvalue weighted by atomic mass is 16.3. The monoisotopic (exact) mass is 300 g/mol. The van der Waals surface area contributed by atoms with Crippen molar-refractivity contribution in [3.63, 3.8) is 0 Å². The normalized spacial score (nSPS) is 18.2. The highest BCUT2D eigenvalue weighted by molar-refractivity contribution is 5.76. The van der Waals surface area contributed by atoms with Crippen molar-refractivity contribution in [2.24, 2.45) is 5.92 Å². The van der Waals surface area contributed by atoms with E-state index in [-0.39, 0.29) is 31.4 Å². The minimum Gasteiger partial charge on any atom is -0.394 e. The molecule has 0 saturated heterocycles. The van der Waals surface area contributed by atoms with Crippen molar-refractivity contribution in [2.45, 2.75) is 64.0 Å². The third-order valence-electron chi connectivity index (χ3n) is 3.98. The quantitative estimate of drug-likeness (QED) is 0.493. The van der Waals surface area contributed by atoms with Gasteiger partial charge < -0.3 is 20.8 Å². The molecule has 0 aromatic carbocycles. The molecule has 0 heterocycles. The molecule has 0 bridgehead atoms. The van der Waals surface area contributed by atoms with E-state index in [4.69, 9.17) is 0 Å². The van der Waals surface area contributed by atoms with Gasteiger partial charge in [-0.3, -0.25) is 9.59 Å². The predicted octanol–water partition coefficient (Wildman–Crippen LogP) is 0.321. The van der Waals surface area contributed by atoms with Gasteiger partial charge in [0.25, 0.3) is 0 Å². The van der Waals surface area contributed by atoms with Crippen LogP contribution in [-0.2, 0) is 9.59 Å². The molecule has 1 fully saturated rings. The fraction of sp³-hybridized carbons (Fsp3) is 0.867. The Hall–Kier alpha value is -1.14. The van der Waals surface area contributed by atoms with Crippen LogP contribution in [0.2, 0.25) is 0 Å². The summed E-state index contributed by atoms with van der Waals surface area (Å²) in [7, 11) is 0. The predicted molar refractivity (Wildman–Crippen MR) is 79.5 cm³/mol. The number of carbonyl (C=O) groups is 2. The van der Waals surface area contributed by atoms with Crippen LogP contribution in [0.25, 0.3) is 0 Å². The Balaban J connectivity index is 2.21. The number of hydrogen-bond acceptors (Lipinski definition) is 4. The van der Waals surface area contributed by atoms with Gasteiger partial charge in [0, 0.05) is 19.9 Å². The summed E-state index contributed by atoms with van der Waals surface area (Å²) in [6, 6.07) is -0.468. The lowest BCUT2D eigenvalue weighted by Crippen LogP contribution is -2.42. The molecule has 0 aromatic heterocycles. The van der Waals surface area contributed by atoms with Gasteiger partial charge in [0.15, 0.2) is 0 Å². The molecule has 1 saturated carbocycles. The molecule has 0 aromatic rings.